The van der Waals surface area contributed by atoms with E-state index in [0.29, 0.717) is 24.1 Å². The van der Waals surface area contributed by atoms with E-state index in [-0.39, 0.29) is 10.3 Å². The summed E-state index contributed by atoms with van der Waals surface area (Å²) in [5.41, 5.74) is 5.41. The Kier molecular flexibility index (Phi) is 5.49. The summed E-state index contributed by atoms with van der Waals surface area (Å²) in [6.07, 6.45) is 2.91. The predicted octanol–water partition coefficient (Wildman–Crippen LogP) is 1.84. The molecular weight excluding hydrogens is 330 g/mol. The van der Waals surface area contributed by atoms with E-state index in [1.807, 2.05) is 20.8 Å². The van der Waals surface area contributed by atoms with Gasteiger partial charge >= 0.3 is 0 Å². The second kappa shape index (κ2) is 6.30. The van der Waals surface area contributed by atoms with Gasteiger partial charge in [0, 0.05) is 30.0 Å². The average Bonchev–Trinajstić information content (AvgIpc) is 2.36. The van der Waals surface area contributed by atoms with E-state index in [1.54, 1.807) is 12.3 Å². The molecule has 0 aliphatic heterocycles. The highest BCUT2D eigenvalue weighted by atomic mass is 79.9. The summed E-state index contributed by atoms with van der Waals surface area (Å²) in [6.45, 7) is 6.92. The number of nitrogens with two attached hydrogens (primary N) is 1. The lowest BCUT2D eigenvalue weighted by molar-refractivity contribution is 0.273. The first kappa shape index (κ1) is 16.6. The zero-order valence-electron chi connectivity index (χ0n) is 11.4. The van der Waals surface area contributed by atoms with Crippen LogP contribution in [0.3, 0.4) is 0 Å². The van der Waals surface area contributed by atoms with Gasteiger partial charge < -0.3 is 5.73 Å². The Hall–Kier alpha value is -0.500. The molecule has 1 rings (SSSR count). The van der Waals surface area contributed by atoms with Gasteiger partial charge in [-0.25, -0.2) is 8.42 Å². The third-order valence-electron chi connectivity index (χ3n) is 2.83. The number of pyridine rings is 1. The fourth-order valence-electron chi connectivity index (χ4n) is 1.59. The molecule has 0 atom stereocenters. The van der Waals surface area contributed by atoms with Gasteiger partial charge in [0.25, 0.3) is 0 Å². The third-order valence-corrected chi connectivity index (χ3v) is 5.15. The largest absolute Gasteiger partial charge is 0.330 e. The molecule has 0 aromatic carbocycles. The summed E-state index contributed by atoms with van der Waals surface area (Å²) in [4.78, 5) is 4.10. The maximum Gasteiger partial charge on any atom is 0.244 e. The zero-order chi connectivity index (χ0) is 14.7. The van der Waals surface area contributed by atoms with Gasteiger partial charge in [-0.1, -0.05) is 20.8 Å². The molecule has 1 aromatic rings. The molecule has 0 saturated heterocycles. The first-order valence-electron chi connectivity index (χ1n) is 6.04. The van der Waals surface area contributed by atoms with Crippen molar-refractivity contribution in [3.05, 3.63) is 22.9 Å². The molecule has 0 fully saturated rings. The zero-order valence-corrected chi connectivity index (χ0v) is 13.8. The first-order chi connectivity index (χ1) is 8.73. The monoisotopic (exact) mass is 349 g/mol. The Balaban J connectivity index is 3.10. The molecule has 0 aliphatic carbocycles. The van der Waals surface area contributed by atoms with Crippen LogP contribution < -0.4 is 5.73 Å². The summed E-state index contributed by atoms with van der Waals surface area (Å²) < 4.78 is 27.1. The van der Waals surface area contributed by atoms with E-state index < -0.39 is 10.0 Å². The second-order valence-corrected chi connectivity index (χ2v) is 7.99. The molecule has 1 aromatic heterocycles. The van der Waals surface area contributed by atoms with Crippen LogP contribution in [0.5, 0.6) is 0 Å². The second-order valence-electron chi connectivity index (χ2n) is 5.14. The minimum absolute atomic E-state index is 0.191. The molecule has 0 unspecified atom stereocenters. The fourth-order valence-corrected chi connectivity index (χ4v) is 3.74. The fraction of sp³-hybridized carbons (Fsp3) is 0.583. The smallest absolute Gasteiger partial charge is 0.244 e. The Bertz CT molecular complexity index is 532. The van der Waals surface area contributed by atoms with Gasteiger partial charge in [0.05, 0.1) is 0 Å². The van der Waals surface area contributed by atoms with Crippen molar-refractivity contribution in [2.24, 2.45) is 11.1 Å². The summed E-state index contributed by atoms with van der Waals surface area (Å²) in [5, 5.41) is 0. The molecule has 0 radical (unpaired) electrons. The van der Waals surface area contributed by atoms with Crippen molar-refractivity contribution < 1.29 is 8.42 Å². The Labute approximate surface area is 123 Å². The van der Waals surface area contributed by atoms with Crippen molar-refractivity contribution in [2.75, 3.05) is 19.6 Å². The number of aromatic nitrogens is 1. The topological polar surface area (TPSA) is 76.3 Å². The van der Waals surface area contributed by atoms with Crippen molar-refractivity contribution in [2.45, 2.75) is 25.7 Å². The normalized spacial score (nSPS) is 12.9. The van der Waals surface area contributed by atoms with Crippen molar-refractivity contribution >= 4 is 26.0 Å². The van der Waals surface area contributed by atoms with Gasteiger partial charge in [-0.05, 0) is 34.0 Å². The highest BCUT2D eigenvalue weighted by Crippen LogP contribution is 2.23. The molecule has 0 saturated carbocycles. The highest BCUT2D eigenvalue weighted by molar-refractivity contribution is 9.10. The maximum atomic E-state index is 12.5. The van der Waals surface area contributed by atoms with E-state index in [1.165, 1.54) is 10.5 Å². The predicted molar refractivity (Wildman–Crippen MR) is 79.2 cm³/mol. The standard InChI is InChI=1S/C12H20BrN3O2S/c1-4-16(9-12(2,3)8-14)19(17,18)11-5-10(13)6-15-7-11/h5-7H,4,8-9,14H2,1-3H3. The lowest BCUT2D eigenvalue weighted by Gasteiger charge is -2.30. The SMILES string of the molecule is CCN(CC(C)(C)CN)S(=O)(=O)c1cncc(Br)c1. The van der Waals surface area contributed by atoms with Crippen LogP contribution in [0.1, 0.15) is 20.8 Å². The van der Waals surface area contributed by atoms with Gasteiger partial charge in [0.1, 0.15) is 4.90 Å². The number of hydrogen-bond acceptors (Lipinski definition) is 4. The van der Waals surface area contributed by atoms with Crippen LogP contribution in [-0.4, -0.2) is 37.3 Å². The van der Waals surface area contributed by atoms with E-state index >= 15 is 0 Å². The average molecular weight is 350 g/mol. The van der Waals surface area contributed by atoms with Crippen molar-refractivity contribution in [3.8, 4) is 0 Å². The van der Waals surface area contributed by atoms with Crippen LogP contribution in [0.2, 0.25) is 0 Å². The Morgan fingerprint density at radius 2 is 2.05 bits per heavy atom. The molecule has 7 heteroatoms. The van der Waals surface area contributed by atoms with Crippen LogP contribution in [0.4, 0.5) is 0 Å². The molecule has 108 valence electrons. The molecule has 19 heavy (non-hydrogen) atoms. The van der Waals surface area contributed by atoms with Crippen molar-refractivity contribution in [1.29, 1.82) is 0 Å². The van der Waals surface area contributed by atoms with Gasteiger partial charge in [0.2, 0.25) is 10.0 Å². The highest BCUT2D eigenvalue weighted by Gasteiger charge is 2.29. The molecular formula is C12H20BrN3O2S. The van der Waals surface area contributed by atoms with E-state index in [4.69, 9.17) is 5.73 Å². The third kappa shape index (κ3) is 4.24. The van der Waals surface area contributed by atoms with Crippen LogP contribution >= 0.6 is 15.9 Å². The quantitative estimate of drug-likeness (QED) is 0.849. The minimum Gasteiger partial charge on any atom is -0.330 e. The van der Waals surface area contributed by atoms with Gasteiger partial charge in [0.15, 0.2) is 0 Å². The summed E-state index contributed by atoms with van der Waals surface area (Å²) in [5.74, 6) is 0. The molecule has 1 heterocycles. The Morgan fingerprint density at radius 3 is 2.53 bits per heavy atom. The lowest BCUT2D eigenvalue weighted by Crippen LogP contribution is -2.41. The van der Waals surface area contributed by atoms with Crippen molar-refractivity contribution in [3.63, 3.8) is 0 Å². The number of halogens is 1. The lowest BCUT2D eigenvalue weighted by atomic mass is 9.94. The first-order valence-corrected chi connectivity index (χ1v) is 8.27. The van der Waals surface area contributed by atoms with E-state index in [2.05, 4.69) is 20.9 Å². The maximum absolute atomic E-state index is 12.5. The number of nitrogens with zero attached hydrogens (tertiary/aromatic N) is 2. The van der Waals surface area contributed by atoms with Gasteiger partial charge in [-0.2, -0.15) is 4.31 Å². The van der Waals surface area contributed by atoms with Crippen LogP contribution in [0.25, 0.3) is 0 Å². The summed E-state index contributed by atoms with van der Waals surface area (Å²) in [6, 6.07) is 1.56. The molecule has 0 aliphatic rings. The van der Waals surface area contributed by atoms with Gasteiger partial charge in [-0.3, -0.25) is 4.98 Å². The van der Waals surface area contributed by atoms with E-state index in [9.17, 15) is 8.42 Å². The van der Waals surface area contributed by atoms with Gasteiger partial charge in [-0.15, -0.1) is 0 Å². The molecule has 2 N–H and O–H groups in total. The van der Waals surface area contributed by atoms with Crippen molar-refractivity contribution in [1.82, 2.24) is 9.29 Å². The summed E-state index contributed by atoms with van der Waals surface area (Å²) >= 11 is 3.24. The number of rotatable bonds is 6. The summed E-state index contributed by atoms with van der Waals surface area (Å²) in [7, 11) is -3.53. The molecule has 0 bridgehead atoms. The van der Waals surface area contributed by atoms with Crippen LogP contribution in [0.15, 0.2) is 27.8 Å². The number of hydrogen-bond donors (Lipinski definition) is 1. The molecule has 5 nitrogen and oxygen atoms in total. The Morgan fingerprint density at radius 1 is 1.42 bits per heavy atom. The molecule has 0 amide bonds. The van der Waals surface area contributed by atoms with E-state index in [0.717, 1.165) is 0 Å². The van der Waals surface area contributed by atoms with Crippen LogP contribution in [-0.2, 0) is 10.0 Å². The minimum atomic E-state index is -3.53. The molecule has 0 spiro atoms. The number of sulfonamides is 1. The van der Waals surface area contributed by atoms with Crippen LogP contribution in [0, 0.1) is 5.41 Å².